The highest BCUT2D eigenvalue weighted by atomic mass is 35.5. The van der Waals surface area contributed by atoms with Gasteiger partial charge in [-0.1, -0.05) is 29.8 Å². The van der Waals surface area contributed by atoms with Crippen LogP contribution in [0.25, 0.3) is 0 Å². The van der Waals surface area contributed by atoms with Gasteiger partial charge in [0.05, 0.1) is 0 Å². The molecule has 2 aromatic rings. The number of hydrogen-bond donors (Lipinski definition) is 0. The summed E-state index contributed by atoms with van der Waals surface area (Å²) >= 11 is 21.5. The monoisotopic (exact) mass is 295 g/mol. The van der Waals surface area contributed by atoms with Gasteiger partial charge in [0.2, 0.25) is 15.9 Å². The Morgan fingerprint density at radius 1 is 0.625 bits per heavy atom. The Bertz CT molecular complexity index is 399. The minimum Gasteiger partial charge on any atom is -0.187 e. The summed E-state index contributed by atoms with van der Waals surface area (Å²) in [5.41, 5.74) is 0. The topological polar surface area (TPSA) is 38.7 Å². The van der Waals surface area contributed by atoms with E-state index in [0.29, 0.717) is 0 Å². The number of benzene rings is 1. The van der Waals surface area contributed by atoms with E-state index in [0.717, 1.165) is 5.02 Å². The molecule has 16 heavy (non-hydrogen) atoms. The normalized spacial score (nSPS) is 9.25. The van der Waals surface area contributed by atoms with E-state index in [1.165, 1.54) is 0 Å². The van der Waals surface area contributed by atoms with Crippen LogP contribution in [-0.2, 0) is 0 Å². The zero-order valence-electron chi connectivity index (χ0n) is 7.74. The molecule has 0 bridgehead atoms. The van der Waals surface area contributed by atoms with Crippen molar-refractivity contribution in [2.75, 3.05) is 0 Å². The molecule has 0 radical (unpaired) electrons. The summed E-state index contributed by atoms with van der Waals surface area (Å²) in [6, 6.07) is 9.44. The molecule has 0 unspecified atom stereocenters. The highest BCUT2D eigenvalue weighted by molar-refractivity contribution is 6.33. The molecule has 1 aromatic heterocycles. The van der Waals surface area contributed by atoms with Gasteiger partial charge in [-0.2, -0.15) is 15.0 Å². The molecule has 2 rings (SSSR count). The molecular formula is C9H5Cl4N3. The van der Waals surface area contributed by atoms with Crippen molar-refractivity contribution in [2.45, 2.75) is 0 Å². The van der Waals surface area contributed by atoms with Crippen LogP contribution in [0.4, 0.5) is 0 Å². The zero-order valence-corrected chi connectivity index (χ0v) is 10.8. The molecule has 1 heterocycles. The number of aromatic nitrogens is 3. The van der Waals surface area contributed by atoms with Gasteiger partial charge < -0.3 is 0 Å². The second-order valence-electron chi connectivity index (χ2n) is 2.44. The van der Waals surface area contributed by atoms with Crippen molar-refractivity contribution in [1.29, 1.82) is 0 Å². The number of nitrogens with zero attached hydrogens (tertiary/aromatic N) is 3. The first-order chi connectivity index (χ1) is 7.58. The number of hydrogen-bond acceptors (Lipinski definition) is 3. The van der Waals surface area contributed by atoms with Gasteiger partial charge in [0, 0.05) is 5.02 Å². The maximum atomic E-state index is 5.54. The molecule has 0 spiro atoms. The quantitative estimate of drug-likeness (QED) is 0.732. The summed E-state index contributed by atoms with van der Waals surface area (Å²) in [6.45, 7) is 0. The van der Waals surface area contributed by atoms with Crippen LogP contribution < -0.4 is 0 Å². The second kappa shape index (κ2) is 6.86. The highest BCUT2D eigenvalue weighted by Gasteiger charge is 1.97. The molecule has 0 saturated heterocycles. The molecule has 0 aliphatic carbocycles. The van der Waals surface area contributed by atoms with Crippen LogP contribution in [0.1, 0.15) is 0 Å². The van der Waals surface area contributed by atoms with E-state index >= 15 is 0 Å². The molecule has 0 aliphatic rings. The van der Waals surface area contributed by atoms with E-state index in [9.17, 15) is 0 Å². The van der Waals surface area contributed by atoms with E-state index in [1.807, 2.05) is 30.3 Å². The fourth-order valence-corrected chi connectivity index (χ4v) is 1.47. The molecule has 0 amide bonds. The van der Waals surface area contributed by atoms with Gasteiger partial charge in [-0.25, -0.2) is 0 Å². The minimum absolute atomic E-state index is 0.000000000000000444. The predicted molar refractivity (Wildman–Crippen MR) is 66.3 cm³/mol. The molecule has 0 N–H and O–H groups in total. The summed E-state index contributed by atoms with van der Waals surface area (Å²) in [6.07, 6.45) is 0. The number of halogens is 4. The maximum absolute atomic E-state index is 5.54. The Hall–Kier alpha value is -0.610. The Labute approximate surface area is 112 Å². The van der Waals surface area contributed by atoms with Crippen molar-refractivity contribution in [3.05, 3.63) is 51.2 Å². The Balaban J connectivity index is 0.000000165. The van der Waals surface area contributed by atoms with Crippen LogP contribution in [0, 0.1) is 0 Å². The molecule has 7 heteroatoms. The van der Waals surface area contributed by atoms with Crippen LogP contribution in [0.15, 0.2) is 30.3 Å². The van der Waals surface area contributed by atoms with Crippen molar-refractivity contribution in [2.24, 2.45) is 0 Å². The van der Waals surface area contributed by atoms with Crippen molar-refractivity contribution >= 4 is 46.4 Å². The van der Waals surface area contributed by atoms with E-state index < -0.39 is 0 Å². The summed E-state index contributed by atoms with van der Waals surface area (Å²) in [4.78, 5) is 10.4. The average molecular weight is 297 g/mol. The lowest BCUT2D eigenvalue weighted by Gasteiger charge is -1.88. The summed E-state index contributed by atoms with van der Waals surface area (Å²) < 4.78 is 0. The molecule has 0 saturated carbocycles. The third-order valence-electron chi connectivity index (χ3n) is 1.29. The minimum atomic E-state index is 0.000000000000000444. The Kier molecular flexibility index (Phi) is 5.77. The molecular weight excluding hydrogens is 292 g/mol. The van der Waals surface area contributed by atoms with Crippen molar-refractivity contribution in [1.82, 2.24) is 15.0 Å². The van der Waals surface area contributed by atoms with Crippen molar-refractivity contribution in [3.8, 4) is 0 Å². The zero-order chi connectivity index (χ0) is 12.0. The fourth-order valence-electron chi connectivity index (χ4n) is 0.718. The first-order valence-corrected chi connectivity index (χ1v) is 5.52. The van der Waals surface area contributed by atoms with Gasteiger partial charge in [-0.15, -0.1) is 0 Å². The molecule has 0 fully saturated rings. The first kappa shape index (κ1) is 13.5. The second-order valence-corrected chi connectivity index (χ2v) is 3.89. The maximum Gasteiger partial charge on any atom is 0.227 e. The lowest BCUT2D eigenvalue weighted by Crippen LogP contribution is -1.87. The van der Waals surface area contributed by atoms with Gasteiger partial charge in [0.15, 0.2) is 0 Å². The third-order valence-corrected chi connectivity index (χ3v) is 2.05. The van der Waals surface area contributed by atoms with E-state index in [2.05, 4.69) is 15.0 Å². The van der Waals surface area contributed by atoms with E-state index in [4.69, 9.17) is 46.4 Å². The lowest BCUT2D eigenvalue weighted by atomic mass is 10.4. The molecule has 3 nitrogen and oxygen atoms in total. The van der Waals surface area contributed by atoms with Crippen LogP contribution in [0.2, 0.25) is 20.9 Å². The van der Waals surface area contributed by atoms with Crippen LogP contribution in [-0.4, -0.2) is 15.0 Å². The van der Waals surface area contributed by atoms with Crippen LogP contribution in [0.5, 0.6) is 0 Å². The molecule has 0 atom stereocenters. The van der Waals surface area contributed by atoms with Gasteiger partial charge in [0.25, 0.3) is 0 Å². The fraction of sp³-hybridized carbons (Fsp3) is 0. The summed E-state index contributed by atoms with van der Waals surface area (Å²) in [5.74, 6) is 0. The van der Waals surface area contributed by atoms with E-state index in [-0.39, 0.29) is 15.9 Å². The SMILES string of the molecule is Clc1ccccc1.Clc1nc(Cl)nc(Cl)n1. The van der Waals surface area contributed by atoms with Gasteiger partial charge >= 0.3 is 0 Å². The summed E-state index contributed by atoms with van der Waals surface area (Å²) in [7, 11) is 0. The van der Waals surface area contributed by atoms with Gasteiger partial charge in [-0.05, 0) is 46.9 Å². The lowest BCUT2D eigenvalue weighted by molar-refractivity contribution is 1.05. The number of rotatable bonds is 0. The smallest absolute Gasteiger partial charge is 0.187 e. The molecule has 0 aliphatic heterocycles. The predicted octanol–water partition coefficient (Wildman–Crippen LogP) is 4.17. The summed E-state index contributed by atoms with van der Waals surface area (Å²) in [5, 5.41) is 0.794. The van der Waals surface area contributed by atoms with Crippen molar-refractivity contribution < 1.29 is 0 Å². The van der Waals surface area contributed by atoms with Crippen LogP contribution >= 0.6 is 46.4 Å². The first-order valence-electron chi connectivity index (χ1n) is 4.01. The molecule has 1 aromatic carbocycles. The molecule has 84 valence electrons. The van der Waals surface area contributed by atoms with E-state index in [1.54, 1.807) is 0 Å². The van der Waals surface area contributed by atoms with Gasteiger partial charge in [-0.3, -0.25) is 0 Å². The highest BCUT2D eigenvalue weighted by Crippen LogP contribution is 2.08. The standard InChI is InChI=1S/C6H5Cl.C3Cl3N3/c7-6-4-2-1-3-5-6;4-1-7-2(5)9-3(6)8-1/h1-5H;. The Morgan fingerprint density at radius 2 is 1.00 bits per heavy atom. The third kappa shape index (κ3) is 5.47. The largest absolute Gasteiger partial charge is 0.227 e. The van der Waals surface area contributed by atoms with Gasteiger partial charge in [0.1, 0.15) is 0 Å². The van der Waals surface area contributed by atoms with Crippen molar-refractivity contribution in [3.63, 3.8) is 0 Å². The van der Waals surface area contributed by atoms with Crippen LogP contribution in [0.3, 0.4) is 0 Å². The Morgan fingerprint density at radius 3 is 1.25 bits per heavy atom. The average Bonchev–Trinajstić information content (AvgIpc) is 2.17.